The Morgan fingerprint density at radius 2 is 2.05 bits per heavy atom. The maximum Gasteiger partial charge on any atom is 0.270 e. The fourth-order valence-corrected chi connectivity index (χ4v) is 3.11. The van der Waals surface area contributed by atoms with Crippen LogP contribution >= 0.6 is 0 Å². The van der Waals surface area contributed by atoms with Crippen LogP contribution in [0.4, 0.5) is 5.69 Å². The highest BCUT2D eigenvalue weighted by Crippen LogP contribution is 2.24. The molecule has 1 atom stereocenters. The summed E-state index contributed by atoms with van der Waals surface area (Å²) in [5, 5.41) is 19.9. The number of hydrogen-bond acceptors (Lipinski definition) is 5. The molecule has 8 heteroatoms. The molecule has 0 aromatic heterocycles. The molecule has 106 valence electrons. The minimum Gasteiger partial charge on any atom is -0.392 e. The van der Waals surface area contributed by atoms with Gasteiger partial charge in [0.15, 0.2) is 0 Å². The van der Waals surface area contributed by atoms with E-state index in [1.165, 1.54) is 26.1 Å². The summed E-state index contributed by atoms with van der Waals surface area (Å²) in [6, 6.07) is 3.67. The Labute approximate surface area is 111 Å². The van der Waals surface area contributed by atoms with Gasteiger partial charge in [0.25, 0.3) is 5.69 Å². The molecule has 0 bridgehead atoms. The molecule has 0 saturated heterocycles. The van der Waals surface area contributed by atoms with Gasteiger partial charge in [0.05, 0.1) is 15.9 Å². The van der Waals surface area contributed by atoms with Crippen LogP contribution in [0.1, 0.15) is 12.5 Å². The zero-order valence-electron chi connectivity index (χ0n) is 10.9. The summed E-state index contributed by atoms with van der Waals surface area (Å²) in [6.45, 7) is 2.95. The van der Waals surface area contributed by atoms with E-state index in [-0.39, 0.29) is 17.1 Å². The number of sulfonamides is 1. The molecule has 0 aliphatic rings. The molecule has 0 aliphatic carbocycles. The largest absolute Gasteiger partial charge is 0.392 e. The minimum absolute atomic E-state index is 0.0789. The van der Waals surface area contributed by atoms with Crippen LogP contribution < -0.4 is 0 Å². The van der Waals surface area contributed by atoms with Crippen molar-refractivity contribution in [1.82, 2.24) is 4.31 Å². The highest BCUT2D eigenvalue weighted by molar-refractivity contribution is 7.89. The molecular weight excluding hydrogens is 272 g/mol. The average molecular weight is 288 g/mol. The lowest BCUT2D eigenvalue weighted by molar-refractivity contribution is -0.385. The van der Waals surface area contributed by atoms with Crippen molar-refractivity contribution >= 4 is 15.7 Å². The number of nitrogens with zero attached hydrogens (tertiary/aromatic N) is 2. The number of hydrogen-bond donors (Lipinski definition) is 1. The standard InChI is InChI=1S/C11H16N2O5S/c1-8-4-5-10(13(15)16)6-11(8)19(17,18)12(3)7-9(2)14/h4-6,9,14H,7H2,1-3H3. The van der Waals surface area contributed by atoms with E-state index in [0.29, 0.717) is 5.56 Å². The lowest BCUT2D eigenvalue weighted by atomic mass is 10.2. The third kappa shape index (κ3) is 3.49. The minimum atomic E-state index is -3.85. The number of likely N-dealkylation sites (N-methyl/N-ethyl adjacent to an activating group) is 1. The summed E-state index contributed by atoms with van der Waals surface area (Å²) >= 11 is 0. The van der Waals surface area contributed by atoms with Crippen LogP contribution in [0.25, 0.3) is 0 Å². The Balaban J connectivity index is 3.28. The van der Waals surface area contributed by atoms with Crippen molar-refractivity contribution in [2.24, 2.45) is 0 Å². The fraction of sp³-hybridized carbons (Fsp3) is 0.455. The maximum atomic E-state index is 12.3. The zero-order valence-corrected chi connectivity index (χ0v) is 11.7. The van der Waals surface area contributed by atoms with Gasteiger partial charge in [-0.1, -0.05) is 6.07 Å². The average Bonchev–Trinajstić information content (AvgIpc) is 2.27. The number of nitro benzene ring substituents is 1. The van der Waals surface area contributed by atoms with Gasteiger partial charge >= 0.3 is 0 Å². The van der Waals surface area contributed by atoms with E-state index in [2.05, 4.69) is 0 Å². The van der Waals surface area contributed by atoms with E-state index in [9.17, 15) is 23.6 Å². The Bertz CT molecular complexity index is 583. The predicted molar refractivity (Wildman–Crippen MR) is 69.3 cm³/mol. The number of nitro groups is 1. The highest BCUT2D eigenvalue weighted by Gasteiger charge is 2.25. The lowest BCUT2D eigenvalue weighted by Crippen LogP contribution is -2.33. The van der Waals surface area contributed by atoms with Crippen molar-refractivity contribution in [3.8, 4) is 0 Å². The van der Waals surface area contributed by atoms with E-state index in [4.69, 9.17) is 0 Å². The second-order valence-corrected chi connectivity index (χ2v) is 6.35. The van der Waals surface area contributed by atoms with E-state index in [1.807, 2.05) is 0 Å². The van der Waals surface area contributed by atoms with Gasteiger partial charge in [0, 0.05) is 25.7 Å². The second kappa shape index (κ2) is 5.64. The van der Waals surface area contributed by atoms with Crippen molar-refractivity contribution in [2.45, 2.75) is 24.8 Å². The van der Waals surface area contributed by atoms with Gasteiger partial charge in [0.1, 0.15) is 0 Å². The third-order valence-electron chi connectivity index (χ3n) is 2.59. The van der Waals surface area contributed by atoms with Gasteiger partial charge in [-0.05, 0) is 19.4 Å². The van der Waals surface area contributed by atoms with Gasteiger partial charge in [-0.25, -0.2) is 8.42 Å². The van der Waals surface area contributed by atoms with Gasteiger partial charge in [-0.2, -0.15) is 4.31 Å². The number of non-ortho nitro benzene ring substituents is 1. The van der Waals surface area contributed by atoms with Crippen molar-refractivity contribution in [3.05, 3.63) is 33.9 Å². The topological polar surface area (TPSA) is 101 Å². The van der Waals surface area contributed by atoms with Crippen molar-refractivity contribution in [2.75, 3.05) is 13.6 Å². The summed E-state index contributed by atoms with van der Waals surface area (Å²) in [7, 11) is -2.53. The smallest absolute Gasteiger partial charge is 0.270 e. The van der Waals surface area contributed by atoms with Crippen LogP contribution in [-0.2, 0) is 10.0 Å². The SMILES string of the molecule is Cc1ccc([N+](=O)[O-])cc1S(=O)(=O)N(C)CC(C)O. The first-order valence-electron chi connectivity index (χ1n) is 5.55. The molecule has 1 N–H and O–H groups in total. The lowest BCUT2D eigenvalue weighted by Gasteiger charge is -2.19. The van der Waals surface area contributed by atoms with E-state index in [0.717, 1.165) is 10.4 Å². The Kier molecular flexibility index (Phi) is 4.61. The summed E-state index contributed by atoms with van der Waals surface area (Å²) < 4.78 is 25.5. The zero-order chi connectivity index (χ0) is 14.8. The molecule has 1 aromatic carbocycles. The Hall–Kier alpha value is -1.51. The Morgan fingerprint density at radius 3 is 2.53 bits per heavy atom. The van der Waals surface area contributed by atoms with Crippen molar-refractivity contribution < 1.29 is 18.4 Å². The normalized spacial score (nSPS) is 13.5. The van der Waals surface area contributed by atoms with Crippen LogP contribution in [0.5, 0.6) is 0 Å². The summed E-state index contributed by atoms with van der Waals surface area (Å²) in [6.07, 6.45) is -0.821. The molecule has 0 radical (unpaired) electrons. The molecule has 0 amide bonds. The van der Waals surface area contributed by atoms with E-state index >= 15 is 0 Å². The molecule has 1 aromatic rings. The third-order valence-corrected chi connectivity index (χ3v) is 4.56. The van der Waals surface area contributed by atoms with E-state index < -0.39 is 21.1 Å². The van der Waals surface area contributed by atoms with Gasteiger partial charge in [-0.15, -0.1) is 0 Å². The summed E-state index contributed by atoms with van der Waals surface area (Å²) in [5.41, 5.74) is 0.137. The van der Waals surface area contributed by atoms with Gasteiger partial charge < -0.3 is 5.11 Å². The molecule has 0 heterocycles. The van der Waals surface area contributed by atoms with Crippen molar-refractivity contribution in [1.29, 1.82) is 0 Å². The number of aliphatic hydroxyl groups is 1. The maximum absolute atomic E-state index is 12.3. The summed E-state index contributed by atoms with van der Waals surface area (Å²) in [5.74, 6) is 0. The first-order valence-corrected chi connectivity index (χ1v) is 6.99. The molecular formula is C11H16N2O5S. The highest BCUT2D eigenvalue weighted by atomic mass is 32.2. The monoisotopic (exact) mass is 288 g/mol. The number of aryl methyl sites for hydroxylation is 1. The molecule has 7 nitrogen and oxygen atoms in total. The van der Waals surface area contributed by atoms with Crippen LogP contribution in [0.2, 0.25) is 0 Å². The molecule has 0 aliphatic heterocycles. The quantitative estimate of drug-likeness (QED) is 0.641. The Morgan fingerprint density at radius 1 is 1.47 bits per heavy atom. The van der Waals surface area contributed by atoms with Crippen LogP contribution in [0.3, 0.4) is 0 Å². The molecule has 1 unspecified atom stereocenters. The molecule has 1 rings (SSSR count). The molecule has 19 heavy (non-hydrogen) atoms. The van der Waals surface area contributed by atoms with Crippen LogP contribution in [0, 0.1) is 17.0 Å². The number of benzene rings is 1. The van der Waals surface area contributed by atoms with E-state index in [1.54, 1.807) is 6.92 Å². The van der Waals surface area contributed by atoms with Crippen LogP contribution in [0.15, 0.2) is 23.1 Å². The first kappa shape index (κ1) is 15.5. The molecule has 0 spiro atoms. The van der Waals surface area contributed by atoms with Gasteiger partial charge in [-0.3, -0.25) is 10.1 Å². The second-order valence-electron chi connectivity index (χ2n) is 4.34. The molecule has 0 saturated carbocycles. The number of aliphatic hydroxyl groups excluding tert-OH is 1. The molecule has 0 fully saturated rings. The summed E-state index contributed by atoms with van der Waals surface area (Å²) in [4.78, 5) is 9.93. The van der Waals surface area contributed by atoms with Crippen molar-refractivity contribution in [3.63, 3.8) is 0 Å². The number of rotatable bonds is 5. The van der Waals surface area contributed by atoms with Crippen LogP contribution in [-0.4, -0.2) is 42.4 Å². The first-order chi connectivity index (χ1) is 8.66. The fourth-order valence-electron chi connectivity index (χ4n) is 1.62. The predicted octanol–water partition coefficient (Wildman–Crippen LogP) is 0.905. The van der Waals surface area contributed by atoms with Gasteiger partial charge in [0.2, 0.25) is 10.0 Å².